The average Bonchev–Trinajstić information content (AvgIpc) is 2.41. The van der Waals surface area contributed by atoms with Crippen LogP contribution in [0.15, 0.2) is 41.1 Å². The maximum absolute atomic E-state index is 12.2. The summed E-state index contributed by atoms with van der Waals surface area (Å²) in [6.07, 6.45) is 3.30. The number of hydrogen-bond acceptors (Lipinski definition) is 3. The van der Waals surface area contributed by atoms with E-state index < -0.39 is 0 Å². The van der Waals surface area contributed by atoms with Crippen LogP contribution in [-0.4, -0.2) is 17.0 Å². The van der Waals surface area contributed by atoms with Crippen molar-refractivity contribution < 1.29 is 9.53 Å². The summed E-state index contributed by atoms with van der Waals surface area (Å²) in [7, 11) is 0. The fourth-order valence-corrected chi connectivity index (χ4v) is 2.22. The van der Waals surface area contributed by atoms with Crippen molar-refractivity contribution in [2.45, 2.75) is 26.9 Å². The molecule has 0 aliphatic rings. The predicted molar refractivity (Wildman–Crippen MR) is 86.8 cm³/mol. The van der Waals surface area contributed by atoms with Gasteiger partial charge in [-0.3, -0.25) is 9.78 Å². The molecule has 2 rings (SSSR count). The molecule has 1 N–H and O–H groups in total. The minimum Gasteiger partial charge on any atom is -0.491 e. The molecule has 110 valence electrons. The number of nitrogens with one attached hydrogen (secondary N) is 1. The minimum absolute atomic E-state index is 0.123. The van der Waals surface area contributed by atoms with Gasteiger partial charge in [0.15, 0.2) is 0 Å². The van der Waals surface area contributed by atoms with Gasteiger partial charge in [0.1, 0.15) is 5.75 Å². The van der Waals surface area contributed by atoms with Gasteiger partial charge in [-0.05, 0) is 66.5 Å². The molecule has 2 aromatic rings. The molecule has 1 heterocycles. The molecule has 0 spiro atoms. The molecule has 0 aliphatic heterocycles. The van der Waals surface area contributed by atoms with Gasteiger partial charge in [-0.2, -0.15) is 0 Å². The number of halogens is 1. The van der Waals surface area contributed by atoms with E-state index in [1.165, 1.54) is 6.20 Å². The topological polar surface area (TPSA) is 51.2 Å². The van der Waals surface area contributed by atoms with Crippen LogP contribution in [-0.2, 0) is 0 Å². The zero-order valence-electron chi connectivity index (χ0n) is 12.2. The predicted octanol–water partition coefficient (Wildman–Crippen LogP) is 4.19. The molecule has 0 unspecified atom stereocenters. The highest BCUT2D eigenvalue weighted by atomic mass is 79.9. The quantitative estimate of drug-likeness (QED) is 0.900. The third-order valence-electron chi connectivity index (χ3n) is 2.78. The van der Waals surface area contributed by atoms with Crippen LogP contribution in [0, 0.1) is 6.92 Å². The maximum atomic E-state index is 12.2. The number of aryl methyl sites for hydroxylation is 1. The smallest absolute Gasteiger partial charge is 0.257 e. The third kappa shape index (κ3) is 4.29. The molecule has 4 nitrogen and oxygen atoms in total. The molecule has 0 aliphatic carbocycles. The molecule has 0 fully saturated rings. The van der Waals surface area contributed by atoms with Gasteiger partial charge in [0.05, 0.1) is 11.7 Å². The summed E-state index contributed by atoms with van der Waals surface area (Å²) in [6, 6.07) is 7.33. The number of ether oxygens (including phenoxy) is 1. The Hall–Kier alpha value is -1.88. The number of anilines is 1. The van der Waals surface area contributed by atoms with Crippen LogP contribution in [0.1, 0.15) is 29.8 Å². The van der Waals surface area contributed by atoms with E-state index in [9.17, 15) is 4.79 Å². The summed E-state index contributed by atoms with van der Waals surface area (Å²) in [6.45, 7) is 5.89. The molecule has 1 aromatic heterocycles. The van der Waals surface area contributed by atoms with Gasteiger partial charge in [-0.1, -0.05) is 0 Å². The molecule has 5 heteroatoms. The molecule has 0 radical (unpaired) electrons. The van der Waals surface area contributed by atoms with Gasteiger partial charge in [-0.25, -0.2) is 0 Å². The lowest BCUT2D eigenvalue weighted by Crippen LogP contribution is -2.13. The molecule has 0 saturated carbocycles. The second kappa shape index (κ2) is 6.72. The number of carbonyl (C=O) groups is 1. The molecule has 21 heavy (non-hydrogen) atoms. The highest BCUT2D eigenvalue weighted by Crippen LogP contribution is 2.23. The highest BCUT2D eigenvalue weighted by molar-refractivity contribution is 9.10. The van der Waals surface area contributed by atoms with Gasteiger partial charge in [-0.15, -0.1) is 0 Å². The van der Waals surface area contributed by atoms with Crippen molar-refractivity contribution in [2.24, 2.45) is 0 Å². The van der Waals surface area contributed by atoms with E-state index in [0.717, 1.165) is 21.5 Å². The summed E-state index contributed by atoms with van der Waals surface area (Å²) >= 11 is 3.30. The molecule has 0 atom stereocenters. The van der Waals surface area contributed by atoms with E-state index >= 15 is 0 Å². The Morgan fingerprint density at radius 1 is 1.29 bits per heavy atom. The van der Waals surface area contributed by atoms with Gasteiger partial charge in [0.25, 0.3) is 5.91 Å². The van der Waals surface area contributed by atoms with Crippen LogP contribution in [0.5, 0.6) is 5.75 Å². The molecule has 0 saturated heterocycles. The standard InChI is InChI=1S/C16H17BrN2O2/c1-10(2)21-14-4-5-15(11(3)6-14)19-16(20)12-7-13(17)9-18-8-12/h4-10H,1-3H3,(H,19,20). The molecule has 0 bridgehead atoms. The number of benzene rings is 1. The Morgan fingerprint density at radius 3 is 2.67 bits per heavy atom. The molecular formula is C16H17BrN2O2. The van der Waals surface area contributed by atoms with Gasteiger partial charge in [0.2, 0.25) is 0 Å². The Balaban J connectivity index is 2.14. The van der Waals surface area contributed by atoms with E-state index in [2.05, 4.69) is 26.2 Å². The second-order valence-electron chi connectivity index (χ2n) is 4.99. The van der Waals surface area contributed by atoms with Crippen LogP contribution in [0.2, 0.25) is 0 Å². The van der Waals surface area contributed by atoms with Crippen molar-refractivity contribution in [1.82, 2.24) is 4.98 Å². The number of nitrogens with zero attached hydrogens (tertiary/aromatic N) is 1. The number of rotatable bonds is 4. The van der Waals surface area contributed by atoms with Crippen molar-refractivity contribution in [2.75, 3.05) is 5.32 Å². The summed E-state index contributed by atoms with van der Waals surface area (Å²) in [5, 5.41) is 2.88. The molecule has 1 amide bonds. The van der Waals surface area contributed by atoms with Crippen LogP contribution in [0.3, 0.4) is 0 Å². The number of carbonyl (C=O) groups excluding carboxylic acids is 1. The first-order valence-corrected chi connectivity index (χ1v) is 7.44. The Morgan fingerprint density at radius 2 is 2.05 bits per heavy atom. The van der Waals surface area contributed by atoms with E-state index in [1.54, 1.807) is 12.3 Å². The zero-order chi connectivity index (χ0) is 15.4. The lowest BCUT2D eigenvalue weighted by molar-refractivity contribution is 0.102. The SMILES string of the molecule is Cc1cc(OC(C)C)ccc1NC(=O)c1cncc(Br)c1. The highest BCUT2D eigenvalue weighted by Gasteiger charge is 2.09. The number of amides is 1. The summed E-state index contributed by atoms with van der Waals surface area (Å²) < 4.78 is 6.40. The molecular weight excluding hydrogens is 332 g/mol. The van der Waals surface area contributed by atoms with E-state index in [0.29, 0.717) is 5.56 Å². The van der Waals surface area contributed by atoms with Crippen LogP contribution in [0.25, 0.3) is 0 Å². The van der Waals surface area contributed by atoms with Crippen LogP contribution < -0.4 is 10.1 Å². The minimum atomic E-state index is -0.190. The first kappa shape index (κ1) is 15.5. The normalized spacial score (nSPS) is 10.5. The van der Waals surface area contributed by atoms with Crippen LogP contribution >= 0.6 is 15.9 Å². The van der Waals surface area contributed by atoms with Crippen LogP contribution in [0.4, 0.5) is 5.69 Å². The Kier molecular flexibility index (Phi) is 4.96. The number of aromatic nitrogens is 1. The maximum Gasteiger partial charge on any atom is 0.257 e. The first-order chi connectivity index (χ1) is 9.95. The summed E-state index contributed by atoms with van der Waals surface area (Å²) in [4.78, 5) is 16.2. The first-order valence-electron chi connectivity index (χ1n) is 6.65. The fraction of sp³-hybridized carbons (Fsp3) is 0.250. The zero-order valence-corrected chi connectivity index (χ0v) is 13.8. The van der Waals surface area contributed by atoms with Crippen molar-refractivity contribution in [3.63, 3.8) is 0 Å². The number of pyridine rings is 1. The lowest BCUT2D eigenvalue weighted by Gasteiger charge is -2.13. The summed E-state index contributed by atoms with van der Waals surface area (Å²) in [5.74, 6) is 0.606. The summed E-state index contributed by atoms with van der Waals surface area (Å²) in [5.41, 5.74) is 2.21. The van der Waals surface area contributed by atoms with E-state index in [4.69, 9.17) is 4.74 Å². The van der Waals surface area contributed by atoms with E-state index in [1.807, 2.05) is 39.0 Å². The van der Waals surface area contributed by atoms with Crippen molar-refractivity contribution in [3.05, 3.63) is 52.3 Å². The second-order valence-corrected chi connectivity index (χ2v) is 5.90. The Bertz CT molecular complexity index is 656. The van der Waals surface area contributed by atoms with E-state index in [-0.39, 0.29) is 12.0 Å². The van der Waals surface area contributed by atoms with Gasteiger partial charge >= 0.3 is 0 Å². The third-order valence-corrected chi connectivity index (χ3v) is 3.22. The van der Waals surface area contributed by atoms with Crippen molar-refractivity contribution in [3.8, 4) is 5.75 Å². The van der Waals surface area contributed by atoms with Gasteiger partial charge < -0.3 is 10.1 Å². The van der Waals surface area contributed by atoms with Crippen molar-refractivity contribution in [1.29, 1.82) is 0 Å². The lowest BCUT2D eigenvalue weighted by atomic mass is 10.1. The molecule has 1 aromatic carbocycles. The average molecular weight is 349 g/mol. The van der Waals surface area contributed by atoms with Crippen molar-refractivity contribution >= 4 is 27.5 Å². The monoisotopic (exact) mass is 348 g/mol. The fourth-order valence-electron chi connectivity index (χ4n) is 1.85. The van der Waals surface area contributed by atoms with Gasteiger partial charge in [0, 0.05) is 22.6 Å². The Labute approximate surface area is 132 Å². The largest absolute Gasteiger partial charge is 0.491 e. The number of hydrogen-bond donors (Lipinski definition) is 1.